The molecule has 36 heavy (non-hydrogen) atoms. The molecule has 0 aromatic heterocycles. The molecular weight excluding hydrogens is 533 g/mol. The van der Waals surface area contributed by atoms with Crippen LogP contribution < -0.4 is 14.2 Å². The van der Waals surface area contributed by atoms with Gasteiger partial charge in [0, 0.05) is 6.07 Å². The number of nitrogens with zero attached hydrogens (tertiary/aromatic N) is 2. The third-order valence-electron chi connectivity index (χ3n) is 4.59. The number of halogens is 2. The molecule has 0 saturated heterocycles. The molecule has 0 aliphatic rings. The van der Waals surface area contributed by atoms with Crippen LogP contribution in [0.3, 0.4) is 0 Å². The first-order valence-electron chi connectivity index (χ1n) is 9.80. The molecule has 0 aliphatic heterocycles. The van der Waals surface area contributed by atoms with Crippen LogP contribution in [0.1, 0.15) is 5.56 Å². The van der Waals surface area contributed by atoms with Crippen LogP contribution in [-0.4, -0.2) is 26.4 Å². The van der Waals surface area contributed by atoms with Gasteiger partial charge in [-0.2, -0.15) is 13.7 Å². The Kier molecular flexibility index (Phi) is 8.16. The Morgan fingerprint density at radius 1 is 1.11 bits per heavy atom. The van der Waals surface area contributed by atoms with E-state index in [0.717, 1.165) is 12.1 Å². The quantitative estimate of drug-likeness (QED) is 0.132. The van der Waals surface area contributed by atoms with Crippen molar-refractivity contribution in [1.82, 2.24) is 0 Å². The normalized spacial score (nSPS) is 11.3. The molecule has 0 saturated carbocycles. The Bertz CT molecular complexity index is 1530. The lowest BCUT2D eigenvalue weighted by Gasteiger charge is -2.12. The van der Waals surface area contributed by atoms with Crippen molar-refractivity contribution in [3.8, 4) is 17.6 Å². The summed E-state index contributed by atoms with van der Waals surface area (Å²) < 4.78 is 35.7. The van der Waals surface area contributed by atoms with Crippen molar-refractivity contribution in [2.75, 3.05) is 12.4 Å². The summed E-state index contributed by atoms with van der Waals surface area (Å²) in [4.78, 5) is 22.3. The standard InChI is InChI=1S/C23H15Cl2N3O7S/c1-34-20-12-14(11-15(13-26)23(29)27-17-6-4-5-16(24)22(17)25)9-10-19(20)35-36(32,33)21-8-3-2-7-18(21)28(30)31/h2-12H,1H3,(H,27,29)/b15-11+. The molecule has 0 atom stereocenters. The van der Waals surface area contributed by atoms with Gasteiger partial charge in [-0.3, -0.25) is 14.9 Å². The third kappa shape index (κ3) is 5.92. The number of methoxy groups -OCH3 is 1. The number of anilines is 1. The fourth-order valence-electron chi connectivity index (χ4n) is 2.93. The minimum atomic E-state index is -4.59. The van der Waals surface area contributed by atoms with Crippen LogP contribution in [0, 0.1) is 21.4 Å². The van der Waals surface area contributed by atoms with Crippen molar-refractivity contribution in [2.24, 2.45) is 0 Å². The Labute approximate surface area is 215 Å². The predicted molar refractivity (Wildman–Crippen MR) is 133 cm³/mol. The first-order valence-corrected chi connectivity index (χ1v) is 12.0. The number of para-hydroxylation sites is 1. The van der Waals surface area contributed by atoms with Crippen molar-refractivity contribution in [2.45, 2.75) is 4.90 Å². The predicted octanol–water partition coefficient (Wildman–Crippen LogP) is 5.22. The van der Waals surface area contributed by atoms with Gasteiger partial charge in [-0.15, -0.1) is 0 Å². The molecule has 184 valence electrons. The van der Waals surface area contributed by atoms with Crippen LogP contribution >= 0.6 is 23.2 Å². The molecule has 0 aliphatic carbocycles. The summed E-state index contributed by atoms with van der Waals surface area (Å²) in [5.41, 5.74) is -0.446. The first kappa shape index (κ1) is 26.5. The molecule has 1 N–H and O–H groups in total. The number of nitrogens with one attached hydrogen (secondary N) is 1. The molecule has 0 unspecified atom stereocenters. The van der Waals surface area contributed by atoms with Crippen molar-refractivity contribution in [3.05, 3.63) is 92.0 Å². The van der Waals surface area contributed by atoms with Gasteiger partial charge in [0.15, 0.2) is 16.4 Å². The number of hydrogen-bond donors (Lipinski definition) is 1. The fourth-order valence-corrected chi connectivity index (χ4v) is 4.39. The zero-order valence-corrected chi connectivity index (χ0v) is 20.6. The number of nitro groups is 1. The second kappa shape index (κ2) is 11.1. The highest BCUT2D eigenvalue weighted by atomic mass is 35.5. The van der Waals surface area contributed by atoms with Crippen LogP contribution in [0.5, 0.6) is 11.5 Å². The highest BCUT2D eigenvalue weighted by molar-refractivity contribution is 7.87. The topological polar surface area (TPSA) is 149 Å². The zero-order chi connectivity index (χ0) is 26.5. The van der Waals surface area contributed by atoms with Crippen molar-refractivity contribution >= 4 is 56.7 Å². The van der Waals surface area contributed by atoms with Gasteiger partial charge in [-0.25, -0.2) is 0 Å². The Morgan fingerprint density at radius 3 is 2.50 bits per heavy atom. The van der Waals surface area contributed by atoms with Crippen molar-refractivity contribution < 1.29 is 27.1 Å². The van der Waals surface area contributed by atoms with Crippen molar-refractivity contribution in [3.63, 3.8) is 0 Å². The fraction of sp³-hybridized carbons (Fsp3) is 0.0435. The molecule has 0 radical (unpaired) electrons. The molecule has 3 rings (SSSR count). The Balaban J connectivity index is 1.90. The average molecular weight is 548 g/mol. The monoisotopic (exact) mass is 547 g/mol. The highest BCUT2D eigenvalue weighted by Gasteiger charge is 2.28. The van der Waals surface area contributed by atoms with E-state index in [1.165, 1.54) is 55.7 Å². The number of hydrogen-bond acceptors (Lipinski definition) is 8. The van der Waals surface area contributed by atoms with E-state index >= 15 is 0 Å². The van der Waals surface area contributed by atoms with E-state index in [-0.39, 0.29) is 32.8 Å². The van der Waals surface area contributed by atoms with Crippen LogP contribution in [-0.2, 0) is 14.9 Å². The first-order chi connectivity index (χ1) is 17.1. The maximum Gasteiger partial charge on any atom is 0.346 e. The summed E-state index contributed by atoms with van der Waals surface area (Å²) in [5.74, 6) is -1.09. The van der Waals surface area contributed by atoms with Gasteiger partial charge in [0.1, 0.15) is 11.6 Å². The summed E-state index contributed by atoms with van der Waals surface area (Å²) in [5, 5.41) is 23.5. The second-order valence-corrected chi connectivity index (χ2v) is 9.20. The van der Waals surface area contributed by atoms with Gasteiger partial charge in [-0.1, -0.05) is 47.5 Å². The minimum Gasteiger partial charge on any atom is -0.493 e. The summed E-state index contributed by atoms with van der Waals surface area (Å²) in [6.07, 6.45) is 1.23. The average Bonchev–Trinajstić information content (AvgIpc) is 2.85. The highest BCUT2D eigenvalue weighted by Crippen LogP contribution is 2.34. The lowest BCUT2D eigenvalue weighted by molar-refractivity contribution is -0.387. The molecule has 0 bridgehead atoms. The van der Waals surface area contributed by atoms with E-state index in [1.54, 1.807) is 12.1 Å². The molecular formula is C23H15Cl2N3O7S. The second-order valence-electron chi connectivity index (χ2n) is 6.90. The Hall–Kier alpha value is -4.11. The number of benzene rings is 3. The lowest BCUT2D eigenvalue weighted by atomic mass is 10.1. The maximum atomic E-state index is 12.7. The maximum absolute atomic E-state index is 12.7. The number of nitro benzene ring substituents is 1. The van der Waals surface area contributed by atoms with Gasteiger partial charge >= 0.3 is 10.1 Å². The van der Waals surface area contributed by atoms with Gasteiger partial charge in [0.2, 0.25) is 0 Å². The smallest absolute Gasteiger partial charge is 0.346 e. The van der Waals surface area contributed by atoms with Crippen LogP contribution in [0.4, 0.5) is 11.4 Å². The number of rotatable bonds is 8. The Morgan fingerprint density at radius 2 is 1.83 bits per heavy atom. The SMILES string of the molecule is COc1cc(/C=C(\C#N)C(=O)Nc2cccc(Cl)c2Cl)ccc1OS(=O)(=O)c1ccccc1[N+](=O)[O-]. The van der Waals surface area contributed by atoms with Gasteiger partial charge < -0.3 is 14.2 Å². The van der Waals surface area contributed by atoms with Gasteiger partial charge in [0.05, 0.1) is 27.8 Å². The van der Waals surface area contributed by atoms with E-state index in [9.17, 15) is 28.6 Å². The summed E-state index contributed by atoms with van der Waals surface area (Å²) >= 11 is 12.0. The molecule has 3 aromatic carbocycles. The largest absolute Gasteiger partial charge is 0.493 e. The molecule has 0 fully saturated rings. The van der Waals surface area contributed by atoms with Crippen LogP contribution in [0.15, 0.2) is 71.1 Å². The number of ether oxygens (including phenoxy) is 1. The van der Waals surface area contributed by atoms with Crippen molar-refractivity contribution in [1.29, 1.82) is 5.26 Å². The van der Waals surface area contributed by atoms with Gasteiger partial charge in [0.25, 0.3) is 11.6 Å². The van der Waals surface area contributed by atoms with Crippen LogP contribution in [0.2, 0.25) is 10.0 Å². The molecule has 1 amide bonds. The van der Waals surface area contributed by atoms with Gasteiger partial charge in [-0.05, 0) is 42.0 Å². The molecule has 0 spiro atoms. The van der Waals surface area contributed by atoms with E-state index in [1.807, 2.05) is 0 Å². The summed E-state index contributed by atoms with van der Waals surface area (Å²) in [6, 6.07) is 15.0. The number of amides is 1. The lowest BCUT2D eigenvalue weighted by Crippen LogP contribution is -2.14. The summed E-state index contributed by atoms with van der Waals surface area (Å²) in [6.45, 7) is 0. The number of nitriles is 1. The molecule has 3 aromatic rings. The zero-order valence-electron chi connectivity index (χ0n) is 18.3. The number of carbonyl (C=O) groups excluding carboxylic acids is 1. The molecule has 0 heterocycles. The molecule has 10 nitrogen and oxygen atoms in total. The molecule has 13 heteroatoms. The number of carbonyl (C=O) groups is 1. The third-order valence-corrected chi connectivity index (χ3v) is 6.70. The summed E-state index contributed by atoms with van der Waals surface area (Å²) in [7, 11) is -3.35. The minimum absolute atomic E-state index is 0.0681. The van der Waals surface area contributed by atoms with E-state index in [2.05, 4.69) is 5.32 Å². The van der Waals surface area contributed by atoms with E-state index < -0.39 is 31.5 Å². The van der Waals surface area contributed by atoms with E-state index in [4.69, 9.17) is 32.1 Å². The van der Waals surface area contributed by atoms with E-state index in [0.29, 0.717) is 5.56 Å². The van der Waals surface area contributed by atoms with Crippen LogP contribution in [0.25, 0.3) is 6.08 Å².